The first-order valence-corrected chi connectivity index (χ1v) is 10.5. The van der Waals surface area contributed by atoms with Crippen LogP contribution in [0.25, 0.3) is 0 Å². The first-order chi connectivity index (χ1) is 14.5. The molecule has 156 valence electrons. The van der Waals surface area contributed by atoms with E-state index in [0.717, 1.165) is 16.8 Å². The summed E-state index contributed by atoms with van der Waals surface area (Å²) in [6, 6.07) is 12.2. The highest BCUT2D eigenvalue weighted by atomic mass is 32.2. The Morgan fingerprint density at radius 3 is 2.77 bits per heavy atom. The van der Waals surface area contributed by atoms with Crippen molar-refractivity contribution >= 4 is 23.5 Å². The molecule has 0 saturated carbocycles. The van der Waals surface area contributed by atoms with Gasteiger partial charge in [0.15, 0.2) is 17.3 Å². The van der Waals surface area contributed by atoms with E-state index in [0.29, 0.717) is 22.9 Å². The molecule has 2 atom stereocenters. The summed E-state index contributed by atoms with van der Waals surface area (Å²) in [6.45, 7) is 3.91. The molecule has 1 aliphatic heterocycles. The number of nitrogens with one attached hydrogen (secondary N) is 2. The number of anilines is 1. The number of hydrogen-bond acceptors (Lipinski definition) is 5. The SMILES string of the molecule is COc1cc([C@@H]2S[C@H](C)C(=O)Nc3n[nH]c(C)c32)ccc1OCc1ccccc1F. The Bertz CT molecular complexity index is 1090. The molecule has 2 heterocycles. The van der Waals surface area contributed by atoms with Crippen LogP contribution < -0.4 is 14.8 Å². The molecular weight excluding hydrogens is 405 g/mol. The summed E-state index contributed by atoms with van der Waals surface area (Å²) < 4.78 is 25.2. The molecule has 0 saturated heterocycles. The van der Waals surface area contributed by atoms with Crippen molar-refractivity contribution in [1.82, 2.24) is 10.2 Å². The van der Waals surface area contributed by atoms with E-state index >= 15 is 0 Å². The zero-order valence-corrected chi connectivity index (χ0v) is 17.7. The fourth-order valence-electron chi connectivity index (χ4n) is 3.39. The van der Waals surface area contributed by atoms with Crippen LogP contribution in [-0.4, -0.2) is 28.5 Å². The third kappa shape index (κ3) is 3.87. The van der Waals surface area contributed by atoms with Gasteiger partial charge in [-0.15, -0.1) is 11.8 Å². The zero-order chi connectivity index (χ0) is 21.3. The van der Waals surface area contributed by atoms with Gasteiger partial charge in [0.1, 0.15) is 12.4 Å². The molecule has 6 nitrogen and oxygen atoms in total. The van der Waals surface area contributed by atoms with Crippen LogP contribution in [0.5, 0.6) is 11.5 Å². The number of carbonyl (C=O) groups is 1. The van der Waals surface area contributed by atoms with E-state index in [1.54, 1.807) is 37.1 Å². The Kier molecular flexibility index (Phi) is 5.67. The molecule has 1 aromatic heterocycles. The van der Waals surface area contributed by atoms with E-state index in [1.807, 2.05) is 32.0 Å². The van der Waals surface area contributed by atoms with E-state index < -0.39 is 0 Å². The van der Waals surface area contributed by atoms with E-state index in [4.69, 9.17) is 9.47 Å². The number of hydrogen-bond donors (Lipinski definition) is 2. The van der Waals surface area contributed by atoms with Crippen molar-refractivity contribution in [2.45, 2.75) is 31.0 Å². The van der Waals surface area contributed by atoms with Crippen LogP contribution in [0.4, 0.5) is 10.2 Å². The van der Waals surface area contributed by atoms with Crippen molar-refractivity contribution < 1.29 is 18.7 Å². The molecule has 0 unspecified atom stereocenters. The Hall–Kier alpha value is -3.00. The van der Waals surface area contributed by atoms with Gasteiger partial charge in [0.05, 0.1) is 17.6 Å². The Morgan fingerprint density at radius 1 is 1.20 bits per heavy atom. The number of aryl methyl sites for hydroxylation is 1. The molecule has 0 fully saturated rings. The number of halogens is 1. The van der Waals surface area contributed by atoms with Gasteiger partial charge in [-0.2, -0.15) is 5.10 Å². The minimum absolute atomic E-state index is 0.0768. The Labute approximate surface area is 178 Å². The van der Waals surface area contributed by atoms with Gasteiger partial charge in [-0.1, -0.05) is 24.3 Å². The van der Waals surface area contributed by atoms with E-state index in [9.17, 15) is 9.18 Å². The second-order valence-corrected chi connectivity index (χ2v) is 8.50. The van der Waals surface area contributed by atoms with Crippen LogP contribution >= 0.6 is 11.8 Å². The predicted octanol–water partition coefficient (Wildman–Crippen LogP) is 4.61. The van der Waals surface area contributed by atoms with Crippen molar-refractivity contribution in [3.05, 3.63) is 70.7 Å². The molecule has 3 aromatic rings. The van der Waals surface area contributed by atoms with Gasteiger partial charge in [-0.05, 0) is 37.6 Å². The van der Waals surface area contributed by atoms with Crippen LogP contribution in [0.2, 0.25) is 0 Å². The Balaban J connectivity index is 1.64. The van der Waals surface area contributed by atoms with Crippen LogP contribution in [0.1, 0.15) is 34.6 Å². The summed E-state index contributed by atoms with van der Waals surface area (Å²) in [5, 5.41) is 9.73. The molecule has 2 N–H and O–H groups in total. The highest BCUT2D eigenvalue weighted by Crippen LogP contribution is 2.46. The van der Waals surface area contributed by atoms with Crippen molar-refractivity contribution in [2.24, 2.45) is 0 Å². The summed E-state index contributed by atoms with van der Waals surface area (Å²) in [6.07, 6.45) is 0. The first-order valence-electron chi connectivity index (χ1n) is 9.53. The monoisotopic (exact) mass is 427 g/mol. The van der Waals surface area contributed by atoms with Crippen LogP contribution in [0, 0.1) is 12.7 Å². The number of thioether (sulfide) groups is 1. The average Bonchev–Trinajstić information content (AvgIpc) is 3.04. The smallest absolute Gasteiger partial charge is 0.238 e. The molecule has 1 aliphatic rings. The molecule has 2 aromatic carbocycles. The minimum atomic E-state index is -0.308. The second kappa shape index (κ2) is 8.39. The van der Waals surface area contributed by atoms with E-state index in [-0.39, 0.29) is 28.8 Å². The van der Waals surface area contributed by atoms with Gasteiger partial charge in [0.25, 0.3) is 0 Å². The number of ether oxygens (including phenoxy) is 2. The quantitative estimate of drug-likeness (QED) is 0.622. The number of carbonyl (C=O) groups excluding carboxylic acids is 1. The molecule has 0 bridgehead atoms. The van der Waals surface area contributed by atoms with Gasteiger partial charge in [0, 0.05) is 16.8 Å². The molecule has 4 rings (SSSR count). The number of benzene rings is 2. The van der Waals surface area contributed by atoms with Crippen LogP contribution in [0.3, 0.4) is 0 Å². The van der Waals surface area contributed by atoms with Gasteiger partial charge in [-0.25, -0.2) is 4.39 Å². The lowest BCUT2D eigenvalue weighted by molar-refractivity contribution is -0.115. The zero-order valence-electron chi connectivity index (χ0n) is 16.9. The standard InChI is InChI=1S/C22H22FN3O3S/c1-12-19-20(30-13(2)22(27)24-21(19)26-25-12)14-8-9-17(18(10-14)28-3)29-11-15-6-4-5-7-16(15)23/h4-10,13,20H,11H2,1-3H3,(H2,24,25,26,27)/t13-,20+/m1/s1. The molecular formula is C22H22FN3O3S. The first kappa shape index (κ1) is 20.3. The lowest BCUT2D eigenvalue weighted by Gasteiger charge is -2.19. The summed E-state index contributed by atoms with van der Waals surface area (Å²) in [5.74, 6) is 1.24. The number of rotatable bonds is 5. The average molecular weight is 428 g/mol. The minimum Gasteiger partial charge on any atom is -0.493 e. The number of amides is 1. The van der Waals surface area contributed by atoms with Crippen LogP contribution in [-0.2, 0) is 11.4 Å². The number of aromatic amines is 1. The Morgan fingerprint density at radius 2 is 2.00 bits per heavy atom. The summed E-state index contributed by atoms with van der Waals surface area (Å²) in [4.78, 5) is 12.3. The van der Waals surface area contributed by atoms with Gasteiger partial charge in [0.2, 0.25) is 5.91 Å². The highest BCUT2D eigenvalue weighted by Gasteiger charge is 2.32. The molecule has 0 spiro atoms. The number of methoxy groups -OCH3 is 1. The number of aromatic nitrogens is 2. The number of nitrogens with zero attached hydrogens (tertiary/aromatic N) is 1. The molecule has 1 amide bonds. The van der Waals surface area contributed by atoms with Gasteiger partial charge >= 0.3 is 0 Å². The fourth-order valence-corrected chi connectivity index (χ4v) is 4.71. The fraction of sp³-hybridized carbons (Fsp3) is 0.273. The third-order valence-electron chi connectivity index (χ3n) is 5.04. The highest BCUT2D eigenvalue weighted by molar-refractivity contribution is 8.01. The van der Waals surface area contributed by atoms with Crippen molar-refractivity contribution in [2.75, 3.05) is 12.4 Å². The second-order valence-electron chi connectivity index (χ2n) is 7.05. The summed E-state index contributed by atoms with van der Waals surface area (Å²) in [7, 11) is 1.57. The molecule has 30 heavy (non-hydrogen) atoms. The third-order valence-corrected chi connectivity index (χ3v) is 6.44. The maximum Gasteiger partial charge on any atom is 0.238 e. The van der Waals surface area contributed by atoms with Gasteiger partial charge in [-0.3, -0.25) is 9.89 Å². The van der Waals surface area contributed by atoms with Crippen molar-refractivity contribution in [3.63, 3.8) is 0 Å². The molecule has 0 aliphatic carbocycles. The van der Waals surface area contributed by atoms with Crippen molar-refractivity contribution in [1.29, 1.82) is 0 Å². The number of fused-ring (bicyclic) bond motifs is 1. The topological polar surface area (TPSA) is 76.2 Å². The maximum absolute atomic E-state index is 13.9. The largest absolute Gasteiger partial charge is 0.493 e. The lowest BCUT2D eigenvalue weighted by atomic mass is 10.0. The predicted molar refractivity (Wildman–Crippen MR) is 115 cm³/mol. The van der Waals surface area contributed by atoms with Crippen molar-refractivity contribution in [3.8, 4) is 11.5 Å². The maximum atomic E-state index is 13.9. The van der Waals surface area contributed by atoms with E-state index in [2.05, 4.69) is 15.5 Å². The van der Waals surface area contributed by atoms with Crippen LogP contribution in [0.15, 0.2) is 42.5 Å². The summed E-state index contributed by atoms with van der Waals surface area (Å²) in [5.41, 5.74) is 3.28. The number of H-pyrrole nitrogens is 1. The summed E-state index contributed by atoms with van der Waals surface area (Å²) >= 11 is 1.55. The normalized spacial score (nSPS) is 18.3. The van der Waals surface area contributed by atoms with E-state index in [1.165, 1.54) is 6.07 Å². The lowest BCUT2D eigenvalue weighted by Crippen LogP contribution is -2.21. The molecule has 8 heteroatoms. The van der Waals surface area contributed by atoms with Gasteiger partial charge < -0.3 is 14.8 Å². The molecule has 0 radical (unpaired) electrons.